The molecule has 100 valence electrons. The van der Waals surface area contributed by atoms with Crippen LogP contribution < -0.4 is 14.2 Å². The van der Waals surface area contributed by atoms with E-state index in [0.29, 0.717) is 37.1 Å². The second kappa shape index (κ2) is 6.68. The van der Waals surface area contributed by atoms with Crippen molar-refractivity contribution < 1.29 is 19.1 Å². The summed E-state index contributed by atoms with van der Waals surface area (Å²) in [6, 6.07) is 2.69. The average molecular weight is 255 g/mol. The Morgan fingerprint density at radius 1 is 1.00 bits per heavy atom. The van der Waals surface area contributed by atoms with Crippen LogP contribution in [0.4, 0.5) is 5.69 Å². The molecule has 1 aromatic rings. The second-order valence-corrected chi connectivity index (χ2v) is 3.33. The number of ether oxygens (including phenoxy) is 3. The quantitative estimate of drug-likeness (QED) is 0.553. The van der Waals surface area contributed by atoms with Gasteiger partial charge in [0.2, 0.25) is 5.75 Å². The van der Waals surface area contributed by atoms with Gasteiger partial charge in [0.1, 0.15) is 0 Å². The molecule has 1 aromatic carbocycles. The average Bonchev–Trinajstić information content (AvgIpc) is 2.33. The van der Waals surface area contributed by atoms with E-state index in [1.165, 1.54) is 12.1 Å². The molecule has 1 rings (SSSR count). The van der Waals surface area contributed by atoms with E-state index in [-0.39, 0.29) is 5.69 Å². The highest BCUT2D eigenvalue weighted by Crippen LogP contribution is 2.41. The van der Waals surface area contributed by atoms with Crippen molar-refractivity contribution in [3.63, 3.8) is 0 Å². The Balaban J connectivity index is 3.28. The summed E-state index contributed by atoms with van der Waals surface area (Å²) in [6.45, 7) is 6.65. The van der Waals surface area contributed by atoms with Gasteiger partial charge in [0.05, 0.1) is 36.9 Å². The summed E-state index contributed by atoms with van der Waals surface area (Å²) in [4.78, 5) is 10.4. The Morgan fingerprint density at radius 2 is 1.44 bits per heavy atom. The largest absolute Gasteiger partial charge is 0.490 e. The molecule has 0 aliphatic carbocycles. The smallest absolute Gasteiger partial charge is 0.277 e. The second-order valence-electron chi connectivity index (χ2n) is 3.33. The van der Waals surface area contributed by atoms with Crippen LogP contribution in [-0.2, 0) is 0 Å². The van der Waals surface area contributed by atoms with Crippen LogP contribution in [0, 0.1) is 10.1 Å². The molecule has 0 amide bonds. The lowest BCUT2D eigenvalue weighted by atomic mass is 10.2. The van der Waals surface area contributed by atoms with Crippen molar-refractivity contribution in [2.75, 3.05) is 19.8 Å². The first-order valence-electron chi connectivity index (χ1n) is 5.84. The fraction of sp³-hybridized carbons (Fsp3) is 0.500. The van der Waals surface area contributed by atoms with Gasteiger partial charge in [-0.05, 0) is 20.8 Å². The maximum Gasteiger partial charge on any atom is 0.277 e. The van der Waals surface area contributed by atoms with Crippen molar-refractivity contribution >= 4 is 5.69 Å². The van der Waals surface area contributed by atoms with Gasteiger partial charge < -0.3 is 14.2 Å². The number of non-ortho nitro benzene ring substituents is 1. The summed E-state index contributed by atoms with van der Waals surface area (Å²) in [6.07, 6.45) is 0. The third-order valence-electron chi connectivity index (χ3n) is 2.10. The Hall–Kier alpha value is -1.98. The molecule has 6 nitrogen and oxygen atoms in total. The summed E-state index contributed by atoms with van der Waals surface area (Å²) < 4.78 is 16.2. The molecule has 18 heavy (non-hydrogen) atoms. The van der Waals surface area contributed by atoms with Gasteiger partial charge in [0, 0.05) is 0 Å². The van der Waals surface area contributed by atoms with Crippen LogP contribution in [0.5, 0.6) is 17.2 Å². The Labute approximate surface area is 106 Å². The fourth-order valence-corrected chi connectivity index (χ4v) is 1.48. The van der Waals surface area contributed by atoms with Gasteiger partial charge in [-0.15, -0.1) is 0 Å². The minimum Gasteiger partial charge on any atom is -0.490 e. The van der Waals surface area contributed by atoms with Crippen LogP contribution in [-0.4, -0.2) is 24.7 Å². The summed E-state index contributed by atoms with van der Waals surface area (Å²) in [5, 5.41) is 10.8. The van der Waals surface area contributed by atoms with Gasteiger partial charge in [-0.25, -0.2) is 0 Å². The Kier molecular flexibility index (Phi) is 5.23. The van der Waals surface area contributed by atoms with Gasteiger partial charge in [0.25, 0.3) is 5.69 Å². The molecular formula is C12H17NO5. The van der Waals surface area contributed by atoms with E-state index >= 15 is 0 Å². The molecular weight excluding hydrogens is 238 g/mol. The first-order chi connectivity index (χ1) is 8.63. The normalized spacial score (nSPS) is 9.94. The third-order valence-corrected chi connectivity index (χ3v) is 2.10. The van der Waals surface area contributed by atoms with Crippen molar-refractivity contribution in [1.29, 1.82) is 0 Å². The number of nitrogens with zero attached hydrogens (tertiary/aromatic N) is 1. The van der Waals surface area contributed by atoms with Crippen LogP contribution in [0.1, 0.15) is 20.8 Å². The lowest BCUT2D eigenvalue weighted by molar-refractivity contribution is -0.385. The molecule has 6 heteroatoms. The summed E-state index contributed by atoms with van der Waals surface area (Å²) in [5.41, 5.74) is -0.0784. The van der Waals surface area contributed by atoms with E-state index in [9.17, 15) is 10.1 Å². The molecule has 0 aliphatic heterocycles. The van der Waals surface area contributed by atoms with Crippen molar-refractivity contribution in [3.8, 4) is 17.2 Å². The lowest BCUT2D eigenvalue weighted by Gasteiger charge is -2.14. The summed E-state index contributed by atoms with van der Waals surface area (Å²) in [5.74, 6) is 1.07. The van der Waals surface area contributed by atoms with Gasteiger partial charge in [0.15, 0.2) is 11.5 Å². The number of nitro benzene ring substituents is 1. The highest BCUT2D eigenvalue weighted by Gasteiger charge is 2.19. The number of hydrogen-bond acceptors (Lipinski definition) is 5. The topological polar surface area (TPSA) is 70.8 Å². The minimum absolute atomic E-state index is 0.0784. The van der Waals surface area contributed by atoms with E-state index in [0.717, 1.165) is 0 Å². The monoisotopic (exact) mass is 255 g/mol. The molecule has 0 saturated heterocycles. The fourth-order valence-electron chi connectivity index (χ4n) is 1.48. The van der Waals surface area contributed by atoms with Crippen LogP contribution in [0.15, 0.2) is 12.1 Å². The summed E-state index contributed by atoms with van der Waals surface area (Å²) in [7, 11) is 0. The Morgan fingerprint density at radius 3 is 1.78 bits per heavy atom. The van der Waals surface area contributed by atoms with Crippen LogP contribution in [0.3, 0.4) is 0 Å². The number of rotatable bonds is 7. The number of benzene rings is 1. The Bertz CT molecular complexity index is 392. The lowest BCUT2D eigenvalue weighted by Crippen LogP contribution is -2.03. The maximum absolute atomic E-state index is 10.8. The van der Waals surface area contributed by atoms with E-state index in [2.05, 4.69) is 0 Å². The van der Waals surface area contributed by atoms with E-state index in [1.807, 2.05) is 6.92 Å². The first-order valence-corrected chi connectivity index (χ1v) is 5.84. The number of hydrogen-bond donors (Lipinski definition) is 0. The molecule has 0 spiro atoms. The van der Waals surface area contributed by atoms with Crippen LogP contribution >= 0.6 is 0 Å². The molecule has 0 aliphatic rings. The highest BCUT2D eigenvalue weighted by atomic mass is 16.6. The van der Waals surface area contributed by atoms with Crippen molar-refractivity contribution in [1.82, 2.24) is 0 Å². The van der Waals surface area contributed by atoms with E-state index < -0.39 is 4.92 Å². The SMILES string of the molecule is CCOc1cc([N+](=O)[O-])cc(OCC)c1OCC. The molecule has 0 N–H and O–H groups in total. The predicted octanol–water partition coefficient (Wildman–Crippen LogP) is 2.79. The van der Waals surface area contributed by atoms with E-state index in [4.69, 9.17) is 14.2 Å². The van der Waals surface area contributed by atoms with Crippen LogP contribution in [0.25, 0.3) is 0 Å². The molecule has 0 saturated carbocycles. The van der Waals surface area contributed by atoms with Crippen LogP contribution in [0.2, 0.25) is 0 Å². The molecule has 0 bridgehead atoms. The zero-order valence-corrected chi connectivity index (χ0v) is 10.8. The number of nitro groups is 1. The molecule has 0 heterocycles. The standard InChI is InChI=1S/C12H17NO5/c1-4-16-10-7-9(13(14)15)8-11(17-5-2)12(10)18-6-3/h7-8H,4-6H2,1-3H3. The first kappa shape index (κ1) is 14.1. The zero-order valence-electron chi connectivity index (χ0n) is 10.8. The molecule has 0 unspecified atom stereocenters. The zero-order chi connectivity index (χ0) is 13.5. The van der Waals surface area contributed by atoms with Gasteiger partial charge in [-0.1, -0.05) is 0 Å². The highest BCUT2D eigenvalue weighted by molar-refractivity contribution is 5.58. The predicted molar refractivity (Wildman–Crippen MR) is 66.6 cm³/mol. The summed E-state index contributed by atoms with van der Waals surface area (Å²) >= 11 is 0. The van der Waals surface area contributed by atoms with Gasteiger partial charge in [-0.2, -0.15) is 0 Å². The van der Waals surface area contributed by atoms with Gasteiger partial charge in [-0.3, -0.25) is 10.1 Å². The van der Waals surface area contributed by atoms with Crippen molar-refractivity contribution in [2.45, 2.75) is 20.8 Å². The van der Waals surface area contributed by atoms with Crippen molar-refractivity contribution in [2.24, 2.45) is 0 Å². The molecule has 0 atom stereocenters. The van der Waals surface area contributed by atoms with Gasteiger partial charge >= 0.3 is 0 Å². The van der Waals surface area contributed by atoms with E-state index in [1.54, 1.807) is 13.8 Å². The molecule has 0 fully saturated rings. The third kappa shape index (κ3) is 3.26. The van der Waals surface area contributed by atoms with Crippen molar-refractivity contribution in [3.05, 3.63) is 22.2 Å². The minimum atomic E-state index is -0.485. The maximum atomic E-state index is 10.8. The molecule has 0 aromatic heterocycles. The molecule has 0 radical (unpaired) electrons.